The standard InChI is InChI=1S/C26H31FN2O4/c1-5-16-32-23-12-8-20(9-13-23)14-15-28-25(30)24(29-26(31)33-18(2)3)19(4)17-21-6-10-22(27)11-7-21/h1,6-13,18-19,24H,14-17H2,2-4H3,(H,28,30)(H,29,31)/t19-,24+/m1/s1. The first kappa shape index (κ1) is 25.7. The van der Waals surface area contributed by atoms with Crippen molar-refractivity contribution in [3.05, 3.63) is 65.5 Å². The summed E-state index contributed by atoms with van der Waals surface area (Å²) in [4.78, 5) is 25.1. The number of carbonyl (C=O) groups is 2. The molecule has 0 heterocycles. The molecule has 0 fully saturated rings. The van der Waals surface area contributed by atoms with Gasteiger partial charge in [-0.3, -0.25) is 4.79 Å². The van der Waals surface area contributed by atoms with Crippen molar-refractivity contribution < 1.29 is 23.5 Å². The third kappa shape index (κ3) is 9.24. The van der Waals surface area contributed by atoms with E-state index in [0.29, 0.717) is 25.1 Å². The fraction of sp³-hybridized carbons (Fsp3) is 0.385. The van der Waals surface area contributed by atoms with E-state index in [0.717, 1.165) is 11.1 Å². The number of alkyl carbamates (subject to hydrolysis) is 1. The number of carbonyl (C=O) groups excluding carboxylic acids is 2. The number of halogens is 1. The fourth-order valence-electron chi connectivity index (χ4n) is 3.27. The van der Waals surface area contributed by atoms with Gasteiger partial charge in [0.2, 0.25) is 5.91 Å². The number of nitrogens with one attached hydrogen (secondary N) is 2. The summed E-state index contributed by atoms with van der Waals surface area (Å²) in [6.45, 7) is 5.93. The zero-order valence-electron chi connectivity index (χ0n) is 19.3. The van der Waals surface area contributed by atoms with E-state index < -0.39 is 12.1 Å². The number of hydrogen-bond donors (Lipinski definition) is 2. The van der Waals surface area contributed by atoms with E-state index in [1.165, 1.54) is 12.1 Å². The zero-order chi connectivity index (χ0) is 24.2. The van der Waals surface area contributed by atoms with Gasteiger partial charge >= 0.3 is 6.09 Å². The summed E-state index contributed by atoms with van der Waals surface area (Å²) in [5.41, 5.74) is 1.89. The highest BCUT2D eigenvalue weighted by atomic mass is 19.1. The third-order valence-corrected chi connectivity index (χ3v) is 4.90. The summed E-state index contributed by atoms with van der Waals surface area (Å²) in [7, 11) is 0. The van der Waals surface area contributed by atoms with Crippen molar-refractivity contribution in [2.75, 3.05) is 13.2 Å². The number of hydrogen-bond acceptors (Lipinski definition) is 4. The lowest BCUT2D eigenvalue weighted by Crippen LogP contribution is -2.51. The SMILES string of the molecule is C#CCOc1ccc(CCNC(=O)[C@@H](NC(=O)OC(C)C)[C@H](C)Cc2ccc(F)cc2)cc1. The van der Waals surface area contributed by atoms with Crippen LogP contribution in [0, 0.1) is 24.1 Å². The van der Waals surface area contributed by atoms with Gasteiger partial charge in [-0.25, -0.2) is 9.18 Å². The molecule has 0 aliphatic heterocycles. The molecule has 176 valence electrons. The second-order valence-electron chi connectivity index (χ2n) is 8.06. The lowest BCUT2D eigenvalue weighted by Gasteiger charge is -2.25. The first-order valence-corrected chi connectivity index (χ1v) is 10.9. The number of ether oxygens (including phenoxy) is 2. The molecular weight excluding hydrogens is 423 g/mol. The summed E-state index contributed by atoms with van der Waals surface area (Å²) in [5, 5.41) is 5.56. The quantitative estimate of drug-likeness (QED) is 0.505. The Kier molecular flexibility index (Phi) is 10.2. The van der Waals surface area contributed by atoms with Crippen LogP contribution < -0.4 is 15.4 Å². The van der Waals surface area contributed by atoms with Crippen LogP contribution in [0.2, 0.25) is 0 Å². The Morgan fingerprint density at radius 1 is 1.03 bits per heavy atom. The summed E-state index contributed by atoms with van der Waals surface area (Å²) >= 11 is 0. The van der Waals surface area contributed by atoms with Crippen LogP contribution in [-0.4, -0.2) is 37.3 Å². The van der Waals surface area contributed by atoms with E-state index in [2.05, 4.69) is 16.6 Å². The molecule has 33 heavy (non-hydrogen) atoms. The highest BCUT2D eigenvalue weighted by Crippen LogP contribution is 2.15. The molecule has 2 amide bonds. The van der Waals surface area contributed by atoms with Gasteiger partial charge in [-0.2, -0.15) is 0 Å². The van der Waals surface area contributed by atoms with Gasteiger partial charge in [-0.15, -0.1) is 6.42 Å². The van der Waals surface area contributed by atoms with Crippen LogP contribution in [-0.2, 0) is 22.4 Å². The molecule has 2 aromatic carbocycles. The maximum absolute atomic E-state index is 13.2. The molecule has 0 radical (unpaired) electrons. The van der Waals surface area contributed by atoms with E-state index >= 15 is 0 Å². The molecule has 2 N–H and O–H groups in total. The minimum Gasteiger partial charge on any atom is -0.481 e. The Hall–Kier alpha value is -3.53. The van der Waals surface area contributed by atoms with Crippen molar-refractivity contribution in [2.45, 2.75) is 45.8 Å². The van der Waals surface area contributed by atoms with E-state index in [4.69, 9.17) is 15.9 Å². The van der Waals surface area contributed by atoms with Gasteiger partial charge in [-0.1, -0.05) is 37.1 Å². The van der Waals surface area contributed by atoms with Crippen LogP contribution in [0.4, 0.5) is 9.18 Å². The fourth-order valence-corrected chi connectivity index (χ4v) is 3.27. The minimum absolute atomic E-state index is 0.207. The molecule has 2 atom stereocenters. The molecule has 0 saturated carbocycles. The zero-order valence-corrected chi connectivity index (χ0v) is 19.3. The summed E-state index contributed by atoms with van der Waals surface area (Å²) in [5.74, 6) is 2.22. The third-order valence-electron chi connectivity index (χ3n) is 4.90. The van der Waals surface area contributed by atoms with Crippen LogP contribution in [0.5, 0.6) is 5.75 Å². The van der Waals surface area contributed by atoms with Gasteiger partial charge in [0, 0.05) is 6.54 Å². The smallest absolute Gasteiger partial charge is 0.408 e. The maximum Gasteiger partial charge on any atom is 0.408 e. The van der Waals surface area contributed by atoms with Gasteiger partial charge in [0.15, 0.2) is 0 Å². The molecule has 2 rings (SSSR count). The normalized spacial score (nSPS) is 12.4. The highest BCUT2D eigenvalue weighted by Gasteiger charge is 2.28. The Morgan fingerprint density at radius 3 is 2.27 bits per heavy atom. The Morgan fingerprint density at radius 2 is 1.67 bits per heavy atom. The summed E-state index contributed by atoms with van der Waals surface area (Å²) in [6.07, 6.45) is 5.31. The van der Waals surface area contributed by atoms with Crippen LogP contribution in [0.3, 0.4) is 0 Å². The maximum atomic E-state index is 13.2. The molecule has 6 nitrogen and oxygen atoms in total. The van der Waals surface area contributed by atoms with Crippen molar-refractivity contribution in [3.8, 4) is 18.1 Å². The predicted octanol–water partition coefficient (Wildman–Crippen LogP) is 3.88. The second-order valence-corrected chi connectivity index (χ2v) is 8.06. The van der Waals surface area contributed by atoms with E-state index in [9.17, 15) is 14.0 Å². The number of terminal acetylenes is 1. The van der Waals surface area contributed by atoms with Crippen LogP contribution in [0.1, 0.15) is 31.9 Å². The molecule has 0 saturated heterocycles. The predicted molar refractivity (Wildman–Crippen MR) is 125 cm³/mol. The highest BCUT2D eigenvalue weighted by molar-refractivity contribution is 5.86. The first-order valence-electron chi connectivity index (χ1n) is 10.9. The molecule has 2 aromatic rings. The molecular formula is C26H31FN2O4. The Labute approximate surface area is 194 Å². The van der Waals surface area contributed by atoms with Crippen molar-refractivity contribution >= 4 is 12.0 Å². The van der Waals surface area contributed by atoms with Crippen molar-refractivity contribution in [3.63, 3.8) is 0 Å². The van der Waals surface area contributed by atoms with E-state index in [1.807, 2.05) is 31.2 Å². The molecule has 7 heteroatoms. The number of rotatable bonds is 11. The molecule has 0 bridgehead atoms. The van der Waals surface area contributed by atoms with Gasteiger partial charge < -0.3 is 20.1 Å². The first-order chi connectivity index (χ1) is 15.8. The Bertz CT molecular complexity index is 936. The molecule has 0 unspecified atom stereocenters. The number of amides is 2. The average molecular weight is 455 g/mol. The monoisotopic (exact) mass is 454 g/mol. The Balaban J connectivity index is 1.97. The van der Waals surface area contributed by atoms with Gasteiger partial charge in [-0.05, 0) is 68.0 Å². The number of benzene rings is 2. The summed E-state index contributed by atoms with van der Waals surface area (Å²) in [6, 6.07) is 12.8. The van der Waals surface area contributed by atoms with Gasteiger partial charge in [0.05, 0.1) is 6.10 Å². The van der Waals surface area contributed by atoms with Crippen LogP contribution in [0.25, 0.3) is 0 Å². The molecule has 0 spiro atoms. The lowest BCUT2D eigenvalue weighted by molar-refractivity contribution is -0.124. The largest absolute Gasteiger partial charge is 0.481 e. The van der Waals surface area contributed by atoms with Crippen molar-refractivity contribution in [1.29, 1.82) is 0 Å². The summed E-state index contributed by atoms with van der Waals surface area (Å²) < 4.78 is 23.7. The second kappa shape index (κ2) is 13.1. The van der Waals surface area contributed by atoms with Gasteiger partial charge in [0.25, 0.3) is 0 Å². The van der Waals surface area contributed by atoms with E-state index in [-0.39, 0.29) is 30.4 Å². The topological polar surface area (TPSA) is 76.7 Å². The molecule has 0 aliphatic carbocycles. The van der Waals surface area contributed by atoms with Crippen molar-refractivity contribution in [2.24, 2.45) is 5.92 Å². The molecule has 0 aliphatic rings. The lowest BCUT2D eigenvalue weighted by atomic mass is 9.93. The van der Waals surface area contributed by atoms with Crippen LogP contribution in [0.15, 0.2) is 48.5 Å². The van der Waals surface area contributed by atoms with Gasteiger partial charge in [0.1, 0.15) is 24.2 Å². The van der Waals surface area contributed by atoms with E-state index in [1.54, 1.807) is 26.0 Å². The van der Waals surface area contributed by atoms with Crippen LogP contribution >= 0.6 is 0 Å². The van der Waals surface area contributed by atoms with Crippen molar-refractivity contribution in [1.82, 2.24) is 10.6 Å². The minimum atomic E-state index is -0.805. The molecule has 0 aromatic heterocycles. The average Bonchev–Trinajstić information content (AvgIpc) is 2.77.